The Labute approximate surface area is 141 Å². The molecule has 4 heteroatoms. The quantitative estimate of drug-likeness (QED) is 0.803. The van der Waals surface area contributed by atoms with Gasteiger partial charge in [0, 0.05) is 41.7 Å². The Hall–Kier alpha value is -2.75. The summed E-state index contributed by atoms with van der Waals surface area (Å²) < 4.78 is 5.71. The molecule has 2 aromatic carbocycles. The number of carbonyl (C=O) groups is 1. The van der Waals surface area contributed by atoms with Crippen LogP contribution in [-0.4, -0.2) is 28.9 Å². The number of aryl methyl sites for hydroxylation is 1. The molecule has 0 unspecified atom stereocenters. The predicted molar refractivity (Wildman–Crippen MR) is 94.1 cm³/mol. The molecule has 0 saturated carbocycles. The normalized spacial score (nSPS) is 13.8. The zero-order chi connectivity index (χ0) is 16.5. The number of H-pyrrole nitrogens is 1. The highest BCUT2D eigenvalue weighted by molar-refractivity contribution is 5.86. The molecule has 3 aromatic rings. The van der Waals surface area contributed by atoms with Crippen molar-refractivity contribution in [2.45, 2.75) is 19.9 Å². The van der Waals surface area contributed by atoms with Gasteiger partial charge in [-0.2, -0.15) is 0 Å². The third-order valence-corrected chi connectivity index (χ3v) is 4.68. The number of carbonyl (C=O) groups excluding carboxylic acids is 1. The zero-order valence-corrected chi connectivity index (χ0v) is 13.7. The van der Waals surface area contributed by atoms with Gasteiger partial charge in [0.25, 0.3) is 5.91 Å². The van der Waals surface area contributed by atoms with E-state index < -0.39 is 0 Å². The Bertz CT molecular complexity index is 898. The average Bonchev–Trinajstić information content (AvgIpc) is 2.98. The van der Waals surface area contributed by atoms with E-state index in [1.807, 2.05) is 48.2 Å². The number of ether oxygens (including phenoxy) is 1. The van der Waals surface area contributed by atoms with Crippen molar-refractivity contribution in [3.05, 3.63) is 65.4 Å². The first-order chi connectivity index (χ1) is 11.7. The Morgan fingerprint density at radius 3 is 2.83 bits per heavy atom. The van der Waals surface area contributed by atoms with Crippen LogP contribution in [0.25, 0.3) is 10.9 Å². The summed E-state index contributed by atoms with van der Waals surface area (Å²) in [7, 11) is 0. The second-order valence-electron chi connectivity index (χ2n) is 6.25. The van der Waals surface area contributed by atoms with Crippen molar-refractivity contribution >= 4 is 16.8 Å². The van der Waals surface area contributed by atoms with Crippen LogP contribution in [0.4, 0.5) is 0 Å². The van der Waals surface area contributed by atoms with Crippen molar-refractivity contribution < 1.29 is 9.53 Å². The topological polar surface area (TPSA) is 45.3 Å². The third kappa shape index (κ3) is 2.64. The third-order valence-electron chi connectivity index (χ3n) is 4.68. The van der Waals surface area contributed by atoms with Crippen molar-refractivity contribution in [1.82, 2.24) is 9.88 Å². The van der Waals surface area contributed by atoms with E-state index in [0.717, 1.165) is 29.8 Å². The highest BCUT2D eigenvalue weighted by Gasteiger charge is 2.24. The van der Waals surface area contributed by atoms with Gasteiger partial charge in [-0.05, 0) is 24.6 Å². The molecule has 0 aliphatic carbocycles. The molecule has 0 atom stereocenters. The first-order valence-corrected chi connectivity index (χ1v) is 8.27. The monoisotopic (exact) mass is 320 g/mol. The summed E-state index contributed by atoms with van der Waals surface area (Å²) in [5.41, 5.74) is 4.68. The number of benzene rings is 2. The van der Waals surface area contributed by atoms with Crippen LogP contribution in [0.15, 0.2) is 48.5 Å². The van der Waals surface area contributed by atoms with Crippen LogP contribution in [-0.2, 0) is 17.8 Å². The van der Waals surface area contributed by atoms with Crippen molar-refractivity contribution in [2.75, 3.05) is 13.2 Å². The van der Waals surface area contributed by atoms with Gasteiger partial charge in [-0.15, -0.1) is 0 Å². The lowest BCUT2D eigenvalue weighted by molar-refractivity contribution is -0.134. The van der Waals surface area contributed by atoms with E-state index in [1.165, 1.54) is 16.6 Å². The van der Waals surface area contributed by atoms with E-state index in [0.29, 0.717) is 6.54 Å². The Balaban J connectivity index is 1.48. The fraction of sp³-hybridized carbons (Fsp3) is 0.250. The standard InChI is InChI=1S/C20H20N2O2/c1-14-6-2-5-9-19(14)24-13-20(23)22-11-10-18-16(12-22)15-7-3-4-8-17(15)21-18/h2-9,21H,10-13H2,1H3. The molecule has 4 nitrogen and oxygen atoms in total. The molecule has 24 heavy (non-hydrogen) atoms. The molecule has 2 heterocycles. The lowest BCUT2D eigenvalue weighted by Gasteiger charge is -2.27. The van der Waals surface area contributed by atoms with Crippen LogP contribution >= 0.6 is 0 Å². The molecule has 0 fully saturated rings. The molecule has 1 N–H and O–H groups in total. The molecular weight excluding hydrogens is 300 g/mol. The number of fused-ring (bicyclic) bond motifs is 3. The molecule has 122 valence electrons. The minimum atomic E-state index is 0.0363. The molecule has 0 radical (unpaired) electrons. The summed E-state index contributed by atoms with van der Waals surface area (Å²) in [6, 6.07) is 16.0. The number of para-hydroxylation sites is 2. The van der Waals surface area contributed by atoms with Crippen LogP contribution in [0.1, 0.15) is 16.8 Å². The zero-order valence-electron chi connectivity index (χ0n) is 13.7. The van der Waals surface area contributed by atoms with Crippen molar-refractivity contribution in [2.24, 2.45) is 0 Å². The maximum atomic E-state index is 12.5. The molecule has 1 amide bonds. The molecule has 4 rings (SSSR count). The summed E-state index contributed by atoms with van der Waals surface area (Å²) in [5.74, 6) is 0.810. The van der Waals surface area contributed by atoms with Crippen LogP contribution in [0.2, 0.25) is 0 Å². The number of hydrogen-bond donors (Lipinski definition) is 1. The molecule has 1 aliphatic rings. The summed E-state index contributed by atoms with van der Waals surface area (Å²) in [5, 5.41) is 1.21. The van der Waals surface area contributed by atoms with E-state index in [2.05, 4.69) is 17.1 Å². The van der Waals surface area contributed by atoms with Gasteiger partial charge in [-0.3, -0.25) is 4.79 Å². The second-order valence-corrected chi connectivity index (χ2v) is 6.25. The lowest BCUT2D eigenvalue weighted by Crippen LogP contribution is -2.38. The second kappa shape index (κ2) is 6.04. The minimum Gasteiger partial charge on any atom is -0.484 e. The number of nitrogens with one attached hydrogen (secondary N) is 1. The number of amides is 1. The number of aromatic nitrogens is 1. The highest BCUT2D eigenvalue weighted by Crippen LogP contribution is 2.27. The minimum absolute atomic E-state index is 0.0363. The van der Waals surface area contributed by atoms with Crippen LogP contribution in [0.3, 0.4) is 0 Å². The van der Waals surface area contributed by atoms with Gasteiger partial charge in [0.1, 0.15) is 5.75 Å². The van der Waals surface area contributed by atoms with Gasteiger partial charge in [0.05, 0.1) is 0 Å². The van der Waals surface area contributed by atoms with Crippen LogP contribution in [0, 0.1) is 6.92 Å². The fourth-order valence-electron chi connectivity index (χ4n) is 3.33. The van der Waals surface area contributed by atoms with Crippen molar-refractivity contribution in [3.63, 3.8) is 0 Å². The molecule has 0 bridgehead atoms. The fourth-order valence-corrected chi connectivity index (χ4v) is 3.33. The van der Waals surface area contributed by atoms with E-state index in [4.69, 9.17) is 4.74 Å². The van der Waals surface area contributed by atoms with Gasteiger partial charge >= 0.3 is 0 Å². The van der Waals surface area contributed by atoms with Crippen molar-refractivity contribution in [3.8, 4) is 5.75 Å². The number of hydrogen-bond acceptors (Lipinski definition) is 2. The maximum Gasteiger partial charge on any atom is 0.260 e. The summed E-state index contributed by atoms with van der Waals surface area (Å²) in [6.07, 6.45) is 0.861. The molecule has 0 saturated heterocycles. The Morgan fingerprint density at radius 1 is 1.17 bits per heavy atom. The molecule has 1 aromatic heterocycles. The number of aromatic amines is 1. The van der Waals surface area contributed by atoms with Gasteiger partial charge in [-0.1, -0.05) is 36.4 Å². The number of nitrogens with zero attached hydrogens (tertiary/aromatic N) is 1. The first-order valence-electron chi connectivity index (χ1n) is 8.27. The maximum absolute atomic E-state index is 12.5. The smallest absolute Gasteiger partial charge is 0.260 e. The average molecular weight is 320 g/mol. The van der Waals surface area contributed by atoms with Gasteiger partial charge in [-0.25, -0.2) is 0 Å². The Kier molecular flexibility index (Phi) is 3.73. The first kappa shape index (κ1) is 14.8. The summed E-state index contributed by atoms with van der Waals surface area (Å²) in [6.45, 7) is 3.45. The van der Waals surface area contributed by atoms with Gasteiger partial charge in [0.2, 0.25) is 0 Å². The van der Waals surface area contributed by atoms with Gasteiger partial charge in [0.15, 0.2) is 6.61 Å². The van der Waals surface area contributed by atoms with E-state index >= 15 is 0 Å². The van der Waals surface area contributed by atoms with E-state index in [-0.39, 0.29) is 12.5 Å². The summed E-state index contributed by atoms with van der Waals surface area (Å²) in [4.78, 5) is 17.9. The molecule has 0 spiro atoms. The molecular formula is C20H20N2O2. The van der Waals surface area contributed by atoms with Crippen LogP contribution < -0.4 is 4.74 Å². The summed E-state index contributed by atoms with van der Waals surface area (Å²) >= 11 is 0. The number of rotatable bonds is 3. The SMILES string of the molecule is Cc1ccccc1OCC(=O)N1CCc2[nH]c3ccccc3c2C1. The lowest BCUT2D eigenvalue weighted by atomic mass is 10.0. The Morgan fingerprint density at radius 2 is 1.96 bits per heavy atom. The van der Waals surface area contributed by atoms with Crippen molar-refractivity contribution in [1.29, 1.82) is 0 Å². The highest BCUT2D eigenvalue weighted by atomic mass is 16.5. The predicted octanol–water partition coefficient (Wildman–Crippen LogP) is 3.44. The van der Waals surface area contributed by atoms with E-state index in [9.17, 15) is 4.79 Å². The van der Waals surface area contributed by atoms with E-state index in [1.54, 1.807) is 0 Å². The van der Waals surface area contributed by atoms with Crippen LogP contribution in [0.5, 0.6) is 5.75 Å². The molecule has 1 aliphatic heterocycles. The van der Waals surface area contributed by atoms with Gasteiger partial charge < -0.3 is 14.6 Å². The largest absolute Gasteiger partial charge is 0.484 e.